The van der Waals surface area contributed by atoms with Crippen LogP contribution in [0.2, 0.25) is 0 Å². The summed E-state index contributed by atoms with van der Waals surface area (Å²) in [5.41, 5.74) is 3.86. The predicted molar refractivity (Wildman–Crippen MR) is 70.2 cm³/mol. The standard InChI is InChI=1S/C15H20F3N/c1-11(19-9-8-15(16,17)18)13-7-6-12-4-2-3-5-14(12)10-13/h6-7,10-11,19H,2-5,8-9H2,1H3. The summed E-state index contributed by atoms with van der Waals surface area (Å²) in [6.45, 7) is 1.89. The first-order valence-electron chi connectivity index (χ1n) is 6.87. The Labute approximate surface area is 112 Å². The molecular formula is C15H20F3N. The topological polar surface area (TPSA) is 12.0 Å². The maximum absolute atomic E-state index is 12.1. The molecule has 0 radical (unpaired) electrons. The van der Waals surface area contributed by atoms with Gasteiger partial charge in [0.2, 0.25) is 0 Å². The van der Waals surface area contributed by atoms with E-state index in [4.69, 9.17) is 0 Å². The Kier molecular flexibility index (Phi) is 4.50. The SMILES string of the molecule is CC(NCCC(F)(F)F)c1ccc2c(c1)CCCC2. The molecule has 1 aromatic rings. The number of benzene rings is 1. The van der Waals surface area contributed by atoms with Crippen molar-refractivity contribution < 1.29 is 13.2 Å². The predicted octanol–water partition coefficient (Wildman–Crippen LogP) is 4.17. The number of aryl methyl sites for hydroxylation is 2. The number of halogens is 3. The second kappa shape index (κ2) is 5.95. The lowest BCUT2D eigenvalue weighted by Crippen LogP contribution is -2.24. The van der Waals surface area contributed by atoms with Crippen LogP contribution in [0.4, 0.5) is 13.2 Å². The van der Waals surface area contributed by atoms with E-state index in [1.807, 2.05) is 13.0 Å². The Morgan fingerprint density at radius 3 is 2.53 bits per heavy atom. The fraction of sp³-hybridized carbons (Fsp3) is 0.600. The van der Waals surface area contributed by atoms with Gasteiger partial charge in [0.1, 0.15) is 0 Å². The lowest BCUT2D eigenvalue weighted by Gasteiger charge is -2.20. The van der Waals surface area contributed by atoms with Crippen molar-refractivity contribution in [1.82, 2.24) is 5.32 Å². The minimum Gasteiger partial charge on any atom is -0.310 e. The number of nitrogens with one attached hydrogen (secondary N) is 1. The van der Waals surface area contributed by atoms with Crippen LogP contribution in [0, 0.1) is 0 Å². The summed E-state index contributed by atoms with van der Waals surface area (Å²) in [6, 6.07) is 6.29. The molecule has 0 amide bonds. The van der Waals surface area contributed by atoms with Crippen LogP contribution < -0.4 is 5.32 Å². The van der Waals surface area contributed by atoms with Crippen LogP contribution in [-0.4, -0.2) is 12.7 Å². The quantitative estimate of drug-likeness (QED) is 0.866. The van der Waals surface area contributed by atoms with Gasteiger partial charge in [0.25, 0.3) is 0 Å². The fourth-order valence-electron chi connectivity index (χ4n) is 2.57. The Morgan fingerprint density at radius 2 is 1.84 bits per heavy atom. The van der Waals surface area contributed by atoms with Gasteiger partial charge in [-0.05, 0) is 49.3 Å². The summed E-state index contributed by atoms with van der Waals surface area (Å²) in [5.74, 6) is 0. The maximum atomic E-state index is 12.1. The molecule has 0 spiro atoms. The van der Waals surface area contributed by atoms with Gasteiger partial charge in [0, 0.05) is 12.6 Å². The highest BCUT2D eigenvalue weighted by Gasteiger charge is 2.26. The first-order valence-corrected chi connectivity index (χ1v) is 6.87. The van der Waals surface area contributed by atoms with Crippen LogP contribution in [0.25, 0.3) is 0 Å². The molecule has 2 rings (SSSR count). The largest absolute Gasteiger partial charge is 0.390 e. The van der Waals surface area contributed by atoms with Crippen molar-refractivity contribution in [1.29, 1.82) is 0 Å². The van der Waals surface area contributed by atoms with Gasteiger partial charge >= 0.3 is 6.18 Å². The molecule has 0 aromatic heterocycles. The summed E-state index contributed by atoms with van der Waals surface area (Å²) in [6.07, 6.45) is -0.174. The van der Waals surface area contributed by atoms with Gasteiger partial charge in [0.15, 0.2) is 0 Å². The molecular weight excluding hydrogens is 251 g/mol. The van der Waals surface area contributed by atoms with Crippen LogP contribution in [0.1, 0.15) is 48.9 Å². The lowest BCUT2D eigenvalue weighted by molar-refractivity contribution is -0.133. The average Bonchev–Trinajstić information content (AvgIpc) is 2.36. The van der Waals surface area contributed by atoms with Crippen LogP contribution in [0.5, 0.6) is 0 Å². The first kappa shape index (κ1) is 14.4. The maximum Gasteiger partial charge on any atom is 0.390 e. The molecule has 1 aliphatic carbocycles. The summed E-state index contributed by atoms with van der Waals surface area (Å²) < 4.78 is 36.3. The summed E-state index contributed by atoms with van der Waals surface area (Å²) in [5, 5.41) is 2.94. The molecule has 1 aromatic carbocycles. The summed E-state index contributed by atoms with van der Waals surface area (Å²) in [7, 11) is 0. The third kappa shape index (κ3) is 4.23. The molecule has 0 saturated heterocycles. The molecule has 0 heterocycles. The van der Waals surface area contributed by atoms with Gasteiger partial charge in [-0.3, -0.25) is 0 Å². The smallest absolute Gasteiger partial charge is 0.310 e. The van der Waals surface area contributed by atoms with E-state index >= 15 is 0 Å². The molecule has 19 heavy (non-hydrogen) atoms. The van der Waals surface area contributed by atoms with Crippen molar-refractivity contribution in [3.05, 3.63) is 34.9 Å². The monoisotopic (exact) mass is 271 g/mol. The van der Waals surface area contributed by atoms with Gasteiger partial charge in [-0.1, -0.05) is 18.2 Å². The number of hydrogen-bond acceptors (Lipinski definition) is 1. The summed E-state index contributed by atoms with van der Waals surface area (Å²) in [4.78, 5) is 0. The fourth-order valence-corrected chi connectivity index (χ4v) is 2.57. The molecule has 0 fully saturated rings. The molecule has 1 nitrogen and oxygen atoms in total. The van der Waals surface area contributed by atoms with Crippen LogP contribution in [0.3, 0.4) is 0 Å². The van der Waals surface area contributed by atoms with E-state index in [1.165, 1.54) is 24.0 Å². The van der Waals surface area contributed by atoms with Crippen molar-refractivity contribution in [2.45, 2.75) is 51.2 Å². The molecule has 1 aliphatic rings. The van der Waals surface area contributed by atoms with Gasteiger partial charge in [-0.2, -0.15) is 13.2 Å². The van der Waals surface area contributed by atoms with Gasteiger partial charge in [-0.25, -0.2) is 0 Å². The van der Waals surface area contributed by atoms with Gasteiger partial charge in [0.05, 0.1) is 6.42 Å². The number of fused-ring (bicyclic) bond motifs is 1. The van der Waals surface area contributed by atoms with Crippen molar-refractivity contribution in [3.63, 3.8) is 0 Å². The zero-order valence-electron chi connectivity index (χ0n) is 11.2. The second-order valence-electron chi connectivity index (χ2n) is 5.28. The Morgan fingerprint density at radius 1 is 1.16 bits per heavy atom. The Bertz CT molecular complexity index is 426. The number of rotatable bonds is 4. The molecule has 0 saturated carbocycles. The zero-order chi connectivity index (χ0) is 13.9. The minimum atomic E-state index is -4.08. The average molecular weight is 271 g/mol. The van der Waals surface area contributed by atoms with E-state index in [9.17, 15) is 13.2 Å². The molecule has 1 unspecified atom stereocenters. The second-order valence-corrected chi connectivity index (χ2v) is 5.28. The highest BCUT2D eigenvalue weighted by molar-refractivity contribution is 5.35. The number of alkyl halides is 3. The third-order valence-corrected chi connectivity index (χ3v) is 3.73. The zero-order valence-corrected chi connectivity index (χ0v) is 11.2. The molecule has 1 atom stereocenters. The minimum absolute atomic E-state index is 0.0260. The van der Waals surface area contributed by atoms with Crippen LogP contribution in [0.15, 0.2) is 18.2 Å². The molecule has 1 N–H and O–H groups in total. The third-order valence-electron chi connectivity index (χ3n) is 3.73. The van der Waals surface area contributed by atoms with Gasteiger partial charge in [-0.15, -0.1) is 0 Å². The molecule has 106 valence electrons. The van der Waals surface area contributed by atoms with Crippen molar-refractivity contribution in [3.8, 4) is 0 Å². The van der Waals surface area contributed by atoms with E-state index in [2.05, 4.69) is 17.4 Å². The lowest BCUT2D eigenvalue weighted by atomic mass is 9.89. The normalized spacial score (nSPS) is 17.1. The first-order chi connectivity index (χ1) is 8.96. The van der Waals surface area contributed by atoms with E-state index in [-0.39, 0.29) is 12.6 Å². The van der Waals surface area contributed by atoms with Crippen LogP contribution in [-0.2, 0) is 12.8 Å². The van der Waals surface area contributed by atoms with E-state index in [0.29, 0.717) is 0 Å². The van der Waals surface area contributed by atoms with E-state index in [0.717, 1.165) is 18.4 Å². The van der Waals surface area contributed by atoms with Crippen molar-refractivity contribution in [2.24, 2.45) is 0 Å². The highest BCUT2D eigenvalue weighted by atomic mass is 19.4. The van der Waals surface area contributed by atoms with Crippen molar-refractivity contribution in [2.75, 3.05) is 6.54 Å². The van der Waals surface area contributed by atoms with E-state index in [1.54, 1.807) is 0 Å². The Balaban J connectivity index is 1.94. The van der Waals surface area contributed by atoms with Crippen molar-refractivity contribution >= 4 is 0 Å². The van der Waals surface area contributed by atoms with Gasteiger partial charge < -0.3 is 5.32 Å². The number of hydrogen-bond donors (Lipinski definition) is 1. The van der Waals surface area contributed by atoms with Crippen LogP contribution >= 0.6 is 0 Å². The highest BCUT2D eigenvalue weighted by Crippen LogP contribution is 2.25. The summed E-state index contributed by atoms with van der Waals surface area (Å²) >= 11 is 0. The molecule has 0 aliphatic heterocycles. The molecule has 0 bridgehead atoms. The van der Waals surface area contributed by atoms with E-state index < -0.39 is 12.6 Å². The molecule has 4 heteroatoms. The Hall–Kier alpha value is -1.03.